The fraction of sp³-hybridized carbons (Fsp3) is 0.458. The normalized spacial score (nSPS) is 15.8. The molecule has 2 aromatic carbocycles. The lowest BCUT2D eigenvalue weighted by Crippen LogP contribution is -2.49. The molecule has 8 heteroatoms. The maximum absolute atomic E-state index is 13.0. The molecule has 1 aliphatic rings. The van der Waals surface area contributed by atoms with Crippen LogP contribution in [-0.2, 0) is 32.6 Å². The van der Waals surface area contributed by atoms with Gasteiger partial charge in [0.1, 0.15) is 6.04 Å². The van der Waals surface area contributed by atoms with Gasteiger partial charge < -0.3 is 10.1 Å². The van der Waals surface area contributed by atoms with Crippen LogP contribution in [0.1, 0.15) is 30.0 Å². The van der Waals surface area contributed by atoms with Crippen molar-refractivity contribution in [2.24, 2.45) is 0 Å². The van der Waals surface area contributed by atoms with Crippen LogP contribution in [0, 0.1) is 6.92 Å². The predicted octanol–water partition coefficient (Wildman–Crippen LogP) is 2.69. The van der Waals surface area contributed by atoms with Crippen molar-refractivity contribution < 1.29 is 17.9 Å². The van der Waals surface area contributed by atoms with E-state index in [1.165, 1.54) is 9.87 Å². The quantitative estimate of drug-likeness (QED) is 0.624. The molecule has 1 amide bonds. The molecule has 0 aliphatic carbocycles. The second-order valence-electron chi connectivity index (χ2n) is 8.24. The van der Waals surface area contributed by atoms with E-state index < -0.39 is 16.1 Å². The molecule has 1 heterocycles. The standard InChI is InChI=1S/C24H33N3O4S/c1-4-23(27(32(3,29)30)22-11-5-19(2)6-12-22)24(28)25-17-20-7-9-21(10-8-20)18-26-13-15-31-16-14-26/h5-12,23H,4,13-18H2,1-3H3,(H,25,28)/t23-/m1/s1. The van der Waals surface area contributed by atoms with Crippen LogP contribution >= 0.6 is 0 Å². The topological polar surface area (TPSA) is 79.0 Å². The summed E-state index contributed by atoms with van der Waals surface area (Å²) in [5, 5.41) is 2.91. The van der Waals surface area contributed by atoms with Crippen LogP contribution in [0.4, 0.5) is 5.69 Å². The minimum atomic E-state index is -3.63. The largest absolute Gasteiger partial charge is 0.379 e. The van der Waals surface area contributed by atoms with Gasteiger partial charge in [-0.05, 0) is 36.6 Å². The summed E-state index contributed by atoms with van der Waals surface area (Å²) in [6.07, 6.45) is 1.50. The molecule has 1 N–H and O–H groups in total. The van der Waals surface area contributed by atoms with Crippen LogP contribution < -0.4 is 9.62 Å². The summed E-state index contributed by atoms with van der Waals surface area (Å²) in [5.74, 6) is -0.309. The van der Waals surface area contributed by atoms with Crippen LogP contribution in [0.15, 0.2) is 48.5 Å². The maximum Gasteiger partial charge on any atom is 0.244 e. The Morgan fingerprint density at radius 3 is 2.22 bits per heavy atom. The molecule has 32 heavy (non-hydrogen) atoms. The van der Waals surface area contributed by atoms with Crippen molar-refractivity contribution in [2.45, 2.75) is 39.4 Å². The first-order valence-corrected chi connectivity index (χ1v) is 12.8. The van der Waals surface area contributed by atoms with Crippen molar-refractivity contribution in [1.29, 1.82) is 0 Å². The second kappa shape index (κ2) is 10.9. The van der Waals surface area contributed by atoms with Crippen molar-refractivity contribution >= 4 is 21.6 Å². The highest BCUT2D eigenvalue weighted by Crippen LogP contribution is 2.23. The Kier molecular flexibility index (Phi) is 8.28. The number of anilines is 1. The number of amides is 1. The number of carbonyl (C=O) groups excluding carboxylic acids is 1. The van der Waals surface area contributed by atoms with Gasteiger partial charge in [-0.1, -0.05) is 48.9 Å². The monoisotopic (exact) mass is 459 g/mol. The summed E-state index contributed by atoms with van der Waals surface area (Å²) >= 11 is 0. The highest BCUT2D eigenvalue weighted by atomic mass is 32.2. The van der Waals surface area contributed by atoms with Crippen molar-refractivity contribution in [1.82, 2.24) is 10.2 Å². The Morgan fingerprint density at radius 2 is 1.66 bits per heavy atom. The van der Waals surface area contributed by atoms with Gasteiger partial charge in [0, 0.05) is 26.2 Å². The van der Waals surface area contributed by atoms with Crippen molar-refractivity contribution in [3.05, 3.63) is 65.2 Å². The third-order valence-electron chi connectivity index (χ3n) is 5.62. The number of benzene rings is 2. The molecule has 0 bridgehead atoms. The van der Waals surface area contributed by atoms with Gasteiger partial charge in [-0.15, -0.1) is 0 Å². The Bertz CT molecular complexity index is 985. The number of rotatable bonds is 9. The van der Waals surface area contributed by atoms with Gasteiger partial charge in [0.05, 0.1) is 25.2 Å². The number of hydrogen-bond donors (Lipinski definition) is 1. The molecular weight excluding hydrogens is 426 g/mol. The smallest absolute Gasteiger partial charge is 0.244 e. The van der Waals surface area contributed by atoms with Crippen LogP contribution in [0.3, 0.4) is 0 Å². The molecule has 3 rings (SSSR count). The molecule has 1 atom stereocenters. The lowest BCUT2D eigenvalue weighted by atomic mass is 10.1. The molecule has 0 unspecified atom stereocenters. The molecular formula is C24H33N3O4S. The van der Waals surface area contributed by atoms with E-state index in [1.807, 2.05) is 38.1 Å². The zero-order valence-corrected chi connectivity index (χ0v) is 19.9. The Labute approximate surface area is 191 Å². The molecule has 0 aromatic heterocycles. The first-order chi connectivity index (χ1) is 15.3. The number of hydrogen-bond acceptors (Lipinski definition) is 5. The molecule has 7 nitrogen and oxygen atoms in total. The fourth-order valence-corrected chi connectivity index (χ4v) is 5.05. The van der Waals surface area contributed by atoms with Crippen molar-refractivity contribution in [3.63, 3.8) is 0 Å². The number of ether oxygens (including phenoxy) is 1. The molecule has 0 spiro atoms. The van der Waals surface area contributed by atoms with Crippen LogP contribution in [0.5, 0.6) is 0 Å². The summed E-state index contributed by atoms with van der Waals surface area (Å²) in [5.41, 5.74) is 3.71. The number of aryl methyl sites for hydroxylation is 1. The van der Waals surface area contributed by atoms with Gasteiger partial charge in [0.2, 0.25) is 15.9 Å². The van der Waals surface area contributed by atoms with Gasteiger partial charge in [-0.25, -0.2) is 8.42 Å². The maximum atomic E-state index is 13.0. The molecule has 174 valence electrons. The number of sulfonamides is 1. The summed E-state index contributed by atoms with van der Waals surface area (Å²) in [6.45, 7) is 8.40. The van der Waals surface area contributed by atoms with E-state index in [0.29, 0.717) is 18.7 Å². The summed E-state index contributed by atoms with van der Waals surface area (Å²) < 4.78 is 31.7. The van der Waals surface area contributed by atoms with E-state index in [-0.39, 0.29) is 5.91 Å². The summed E-state index contributed by atoms with van der Waals surface area (Å²) in [4.78, 5) is 15.3. The molecule has 0 saturated carbocycles. The number of nitrogens with zero attached hydrogens (tertiary/aromatic N) is 2. The molecule has 1 fully saturated rings. The number of carbonyl (C=O) groups is 1. The SMILES string of the molecule is CC[C@H](C(=O)NCc1ccc(CN2CCOCC2)cc1)N(c1ccc(C)cc1)S(C)(=O)=O. The van der Waals surface area contributed by atoms with Crippen molar-refractivity contribution in [2.75, 3.05) is 36.9 Å². The highest BCUT2D eigenvalue weighted by Gasteiger charge is 2.31. The minimum Gasteiger partial charge on any atom is -0.379 e. The fourth-order valence-electron chi connectivity index (χ4n) is 3.84. The predicted molar refractivity (Wildman–Crippen MR) is 127 cm³/mol. The van der Waals surface area contributed by atoms with E-state index in [9.17, 15) is 13.2 Å². The summed E-state index contributed by atoms with van der Waals surface area (Å²) in [7, 11) is -3.63. The van der Waals surface area contributed by atoms with Gasteiger partial charge in [-0.3, -0.25) is 14.0 Å². The minimum absolute atomic E-state index is 0.309. The molecule has 1 saturated heterocycles. The summed E-state index contributed by atoms with van der Waals surface area (Å²) in [6, 6.07) is 14.5. The zero-order valence-electron chi connectivity index (χ0n) is 19.1. The van der Waals surface area contributed by atoms with Gasteiger partial charge in [-0.2, -0.15) is 0 Å². The first kappa shape index (κ1) is 24.2. The van der Waals surface area contributed by atoms with E-state index in [4.69, 9.17) is 4.74 Å². The molecule has 1 aliphatic heterocycles. The van der Waals surface area contributed by atoms with E-state index in [1.54, 1.807) is 12.1 Å². The third kappa shape index (κ3) is 6.54. The highest BCUT2D eigenvalue weighted by molar-refractivity contribution is 7.92. The van der Waals surface area contributed by atoms with E-state index in [2.05, 4.69) is 22.3 Å². The van der Waals surface area contributed by atoms with E-state index >= 15 is 0 Å². The third-order valence-corrected chi connectivity index (χ3v) is 6.80. The van der Waals surface area contributed by atoms with Gasteiger partial charge in [0.15, 0.2) is 0 Å². The lowest BCUT2D eigenvalue weighted by Gasteiger charge is -2.30. The Balaban J connectivity index is 1.64. The Morgan fingerprint density at radius 1 is 1.06 bits per heavy atom. The van der Waals surface area contributed by atoms with Gasteiger partial charge in [0.25, 0.3) is 0 Å². The average molecular weight is 460 g/mol. The zero-order chi connectivity index (χ0) is 23.1. The number of morpholine rings is 1. The average Bonchev–Trinajstić information content (AvgIpc) is 2.77. The van der Waals surface area contributed by atoms with Crippen LogP contribution in [0.25, 0.3) is 0 Å². The van der Waals surface area contributed by atoms with Crippen LogP contribution in [-0.4, -0.2) is 57.8 Å². The lowest BCUT2D eigenvalue weighted by molar-refractivity contribution is -0.122. The molecule has 2 aromatic rings. The van der Waals surface area contributed by atoms with Gasteiger partial charge >= 0.3 is 0 Å². The van der Waals surface area contributed by atoms with Crippen molar-refractivity contribution in [3.8, 4) is 0 Å². The number of nitrogens with one attached hydrogen (secondary N) is 1. The Hall–Kier alpha value is -2.42. The first-order valence-electron chi connectivity index (χ1n) is 11.0. The molecule has 0 radical (unpaired) electrons. The van der Waals surface area contributed by atoms with Crippen LogP contribution in [0.2, 0.25) is 0 Å². The van der Waals surface area contributed by atoms with E-state index in [0.717, 1.165) is 50.2 Å². The second-order valence-corrected chi connectivity index (χ2v) is 10.1.